The summed E-state index contributed by atoms with van der Waals surface area (Å²) in [6.45, 7) is 6.47. The van der Waals surface area contributed by atoms with Gasteiger partial charge in [0.2, 0.25) is 0 Å². The summed E-state index contributed by atoms with van der Waals surface area (Å²) in [4.78, 5) is 20.8. The van der Waals surface area contributed by atoms with Crippen molar-refractivity contribution in [1.29, 1.82) is 0 Å². The Morgan fingerprint density at radius 2 is 2.04 bits per heavy atom. The van der Waals surface area contributed by atoms with Crippen molar-refractivity contribution in [2.45, 2.75) is 38.8 Å². The highest BCUT2D eigenvalue weighted by Gasteiger charge is 2.40. The van der Waals surface area contributed by atoms with Gasteiger partial charge in [-0.05, 0) is 51.8 Å². The van der Waals surface area contributed by atoms with Crippen LogP contribution in [0.15, 0.2) is 24.3 Å². The molecular weight excluding hydrogens is 354 g/mol. The van der Waals surface area contributed by atoms with Crippen LogP contribution in [-0.2, 0) is 0 Å². The molecule has 3 fully saturated rings. The van der Waals surface area contributed by atoms with E-state index in [0.29, 0.717) is 22.0 Å². The number of nitrogens with one attached hydrogen (secondary N) is 1. The zero-order chi connectivity index (χ0) is 17.6. The Bertz CT molecular complexity index is 796. The number of fused-ring (bicyclic) bond motifs is 3. The lowest BCUT2D eigenvalue weighted by atomic mass is 9.79. The number of carbonyl (C=O) groups is 1. The van der Waals surface area contributed by atoms with E-state index in [0.717, 1.165) is 29.2 Å². The summed E-state index contributed by atoms with van der Waals surface area (Å²) in [5.41, 5.74) is 1.79. The largest absolute Gasteiger partial charge is 0.345 e. The molecule has 4 nitrogen and oxygen atoms in total. The van der Waals surface area contributed by atoms with Crippen LogP contribution in [0.1, 0.15) is 35.3 Å². The molecule has 0 saturated carbocycles. The van der Waals surface area contributed by atoms with Crippen LogP contribution in [0, 0.1) is 12.8 Å². The molecule has 2 bridgehead atoms. The molecule has 2 unspecified atom stereocenters. The van der Waals surface area contributed by atoms with Crippen molar-refractivity contribution >= 4 is 28.8 Å². The summed E-state index contributed by atoms with van der Waals surface area (Å²) in [6, 6.07) is 8.33. The highest BCUT2D eigenvalue weighted by atomic mass is 35.5. The monoisotopic (exact) mass is 375 g/mol. The molecule has 0 radical (unpaired) electrons. The molecule has 1 aromatic carbocycles. The van der Waals surface area contributed by atoms with Gasteiger partial charge in [-0.3, -0.25) is 9.69 Å². The van der Waals surface area contributed by atoms with E-state index in [1.807, 2.05) is 31.2 Å². The van der Waals surface area contributed by atoms with Gasteiger partial charge < -0.3 is 5.32 Å². The Morgan fingerprint density at radius 3 is 2.72 bits per heavy atom. The summed E-state index contributed by atoms with van der Waals surface area (Å²) in [7, 11) is 0. The predicted molar refractivity (Wildman–Crippen MR) is 102 cm³/mol. The lowest BCUT2D eigenvalue weighted by Gasteiger charge is -2.49. The average Bonchev–Trinajstić information content (AvgIpc) is 3.00. The van der Waals surface area contributed by atoms with Crippen molar-refractivity contribution in [1.82, 2.24) is 15.2 Å². The number of carbonyl (C=O) groups excluding carboxylic acids is 1. The van der Waals surface area contributed by atoms with Gasteiger partial charge >= 0.3 is 0 Å². The van der Waals surface area contributed by atoms with Crippen molar-refractivity contribution < 1.29 is 4.79 Å². The highest BCUT2D eigenvalue weighted by Crippen LogP contribution is 2.36. The number of aromatic nitrogens is 1. The molecule has 0 spiro atoms. The number of hydrogen-bond acceptors (Lipinski definition) is 4. The third-order valence-corrected chi connectivity index (χ3v) is 7.10. The summed E-state index contributed by atoms with van der Waals surface area (Å²) >= 11 is 7.73. The molecule has 3 saturated heterocycles. The summed E-state index contributed by atoms with van der Waals surface area (Å²) < 4.78 is 0. The zero-order valence-corrected chi connectivity index (χ0v) is 16.0. The third kappa shape index (κ3) is 3.09. The number of rotatable bonds is 3. The highest BCUT2D eigenvalue weighted by molar-refractivity contribution is 7.17. The minimum Gasteiger partial charge on any atom is -0.345 e. The van der Waals surface area contributed by atoms with Gasteiger partial charge in [0.15, 0.2) is 5.01 Å². The van der Waals surface area contributed by atoms with E-state index >= 15 is 0 Å². The van der Waals surface area contributed by atoms with E-state index in [2.05, 4.69) is 22.1 Å². The lowest BCUT2D eigenvalue weighted by molar-refractivity contribution is 0.0217. The zero-order valence-electron chi connectivity index (χ0n) is 14.5. The molecule has 5 rings (SSSR count). The van der Waals surface area contributed by atoms with Crippen LogP contribution < -0.4 is 5.32 Å². The Balaban J connectivity index is 1.56. The fraction of sp³-hybridized carbons (Fsp3) is 0.474. The molecule has 0 aliphatic carbocycles. The smallest absolute Gasteiger partial charge is 0.280 e. The van der Waals surface area contributed by atoms with Crippen molar-refractivity contribution in [2.75, 3.05) is 13.1 Å². The van der Waals surface area contributed by atoms with Crippen molar-refractivity contribution in [3.8, 4) is 10.4 Å². The summed E-state index contributed by atoms with van der Waals surface area (Å²) in [5, 5.41) is 4.47. The van der Waals surface area contributed by atoms with Gasteiger partial charge in [0.05, 0.1) is 10.6 Å². The molecule has 132 valence electrons. The van der Waals surface area contributed by atoms with Gasteiger partial charge in [0, 0.05) is 22.7 Å². The van der Waals surface area contributed by atoms with Gasteiger partial charge in [-0.1, -0.05) is 29.8 Å². The molecule has 2 atom stereocenters. The number of halogens is 1. The molecule has 1 amide bonds. The van der Waals surface area contributed by atoms with Crippen LogP contribution in [-0.4, -0.2) is 41.0 Å². The summed E-state index contributed by atoms with van der Waals surface area (Å²) in [5.74, 6) is 0.532. The van der Waals surface area contributed by atoms with E-state index < -0.39 is 0 Å². The molecule has 1 N–H and O–H groups in total. The van der Waals surface area contributed by atoms with Crippen molar-refractivity contribution in [3.63, 3.8) is 0 Å². The first-order valence-electron chi connectivity index (χ1n) is 8.82. The van der Waals surface area contributed by atoms with Crippen molar-refractivity contribution in [2.24, 2.45) is 5.92 Å². The number of amides is 1. The van der Waals surface area contributed by atoms with E-state index in [1.54, 1.807) is 0 Å². The molecule has 25 heavy (non-hydrogen) atoms. The standard InChI is InChI=1S/C19H22ClN3OS/c1-11-17(14-5-3-4-6-15(14)20)25-19(21-11)18(24)22-16-12(2)23-9-7-13(16)8-10-23/h3-6,12-13,16H,7-10H2,1-2H3,(H,22,24). The molecule has 3 aliphatic heterocycles. The third-order valence-electron chi connectivity index (χ3n) is 5.58. The van der Waals surface area contributed by atoms with E-state index in [9.17, 15) is 4.79 Å². The first-order chi connectivity index (χ1) is 12.0. The Kier molecular flexibility index (Phi) is 4.56. The van der Waals surface area contributed by atoms with Crippen LogP contribution in [0.25, 0.3) is 10.4 Å². The quantitative estimate of drug-likeness (QED) is 0.882. The minimum atomic E-state index is -0.0583. The maximum Gasteiger partial charge on any atom is 0.280 e. The number of thiazole rings is 1. The maximum atomic E-state index is 12.8. The molecule has 2 aromatic rings. The number of nitrogens with zero attached hydrogens (tertiary/aromatic N) is 2. The van der Waals surface area contributed by atoms with E-state index in [-0.39, 0.29) is 11.9 Å². The Morgan fingerprint density at radius 1 is 1.32 bits per heavy atom. The van der Waals surface area contributed by atoms with Gasteiger partial charge in [-0.25, -0.2) is 4.98 Å². The van der Waals surface area contributed by atoms with Crippen LogP contribution in [0.2, 0.25) is 5.02 Å². The van der Waals surface area contributed by atoms with Gasteiger partial charge in [0.25, 0.3) is 5.91 Å². The van der Waals surface area contributed by atoms with Crippen LogP contribution in [0.5, 0.6) is 0 Å². The second-order valence-electron chi connectivity index (χ2n) is 7.03. The Hall–Kier alpha value is -1.43. The molecular formula is C19H22ClN3OS. The summed E-state index contributed by atoms with van der Waals surface area (Å²) in [6.07, 6.45) is 2.36. The second kappa shape index (κ2) is 6.71. The fourth-order valence-electron chi connectivity index (χ4n) is 4.15. The SMILES string of the molecule is Cc1nc(C(=O)NC2C3CCN(CC3)C2C)sc1-c1ccccc1Cl. The average molecular weight is 376 g/mol. The predicted octanol–water partition coefficient (Wildman–Crippen LogP) is 3.98. The normalized spacial score (nSPS) is 28.1. The number of piperidine rings is 3. The molecule has 1 aromatic heterocycles. The lowest BCUT2D eigenvalue weighted by Crippen LogP contribution is -2.62. The molecule has 4 heterocycles. The second-order valence-corrected chi connectivity index (χ2v) is 8.43. The minimum absolute atomic E-state index is 0.0583. The number of hydrogen-bond donors (Lipinski definition) is 1. The maximum absolute atomic E-state index is 12.8. The number of aryl methyl sites for hydroxylation is 1. The van der Waals surface area contributed by atoms with Crippen molar-refractivity contribution in [3.05, 3.63) is 40.0 Å². The van der Waals surface area contributed by atoms with Crippen LogP contribution in [0.4, 0.5) is 0 Å². The molecule has 6 heteroatoms. The van der Waals surface area contributed by atoms with E-state index in [1.165, 1.54) is 24.2 Å². The van der Waals surface area contributed by atoms with Crippen LogP contribution in [0.3, 0.4) is 0 Å². The first-order valence-corrected chi connectivity index (χ1v) is 10.0. The van der Waals surface area contributed by atoms with Gasteiger partial charge in [-0.2, -0.15) is 0 Å². The van der Waals surface area contributed by atoms with Gasteiger partial charge in [0.1, 0.15) is 0 Å². The fourth-order valence-corrected chi connectivity index (χ4v) is 5.44. The molecule has 3 aliphatic rings. The van der Waals surface area contributed by atoms with Gasteiger partial charge in [-0.15, -0.1) is 11.3 Å². The number of benzene rings is 1. The van der Waals surface area contributed by atoms with Crippen LogP contribution >= 0.6 is 22.9 Å². The first kappa shape index (κ1) is 17.0. The van der Waals surface area contributed by atoms with E-state index in [4.69, 9.17) is 11.6 Å². The topological polar surface area (TPSA) is 45.2 Å². The Labute approximate surface area is 157 Å².